The fraction of sp³-hybridized carbons (Fsp3) is 0.217. The molecule has 0 aliphatic carbocycles. The second-order valence-electron chi connectivity index (χ2n) is 7.13. The van der Waals surface area contributed by atoms with Crippen LogP contribution in [0.15, 0.2) is 51.5 Å². The number of halogens is 1. The smallest absolute Gasteiger partial charge is 0.341 e. The normalized spacial score (nSPS) is 10.9. The number of methoxy groups -OCH3 is 1. The van der Waals surface area contributed by atoms with E-state index in [9.17, 15) is 9.59 Å². The molecule has 4 aromatic rings. The van der Waals surface area contributed by atoms with Gasteiger partial charge in [-0.25, -0.2) is 4.79 Å². The molecular formula is C23H21ClN4O4S2. The maximum atomic E-state index is 12.8. The molecule has 0 unspecified atom stereocenters. The summed E-state index contributed by atoms with van der Waals surface area (Å²) in [5.74, 6) is 0.736. The number of thiophene rings is 1. The minimum atomic E-state index is -0.528. The highest BCUT2D eigenvalue weighted by Crippen LogP contribution is 2.37. The van der Waals surface area contributed by atoms with Gasteiger partial charge >= 0.3 is 5.97 Å². The van der Waals surface area contributed by atoms with Gasteiger partial charge < -0.3 is 19.0 Å². The van der Waals surface area contributed by atoms with Crippen LogP contribution in [0.5, 0.6) is 0 Å². The van der Waals surface area contributed by atoms with Crippen molar-refractivity contribution in [1.82, 2.24) is 14.8 Å². The average molecular weight is 517 g/mol. The van der Waals surface area contributed by atoms with Crippen molar-refractivity contribution in [2.45, 2.75) is 25.5 Å². The van der Waals surface area contributed by atoms with E-state index in [0.717, 1.165) is 16.9 Å². The Morgan fingerprint density at radius 1 is 1.21 bits per heavy atom. The van der Waals surface area contributed by atoms with E-state index in [-0.39, 0.29) is 11.7 Å². The number of aromatic nitrogens is 3. The number of aryl methyl sites for hydroxylation is 1. The molecule has 0 spiro atoms. The Morgan fingerprint density at radius 3 is 2.62 bits per heavy atom. The number of rotatable bonds is 8. The van der Waals surface area contributed by atoms with Crippen LogP contribution >= 0.6 is 34.7 Å². The Morgan fingerprint density at radius 2 is 1.97 bits per heavy atom. The van der Waals surface area contributed by atoms with Crippen LogP contribution in [0.1, 0.15) is 23.0 Å². The molecule has 1 N–H and O–H groups in total. The fourth-order valence-electron chi connectivity index (χ4n) is 3.39. The summed E-state index contributed by atoms with van der Waals surface area (Å²) in [6.07, 6.45) is 1.61. The number of carbonyl (C=O) groups excluding carboxylic acids is 2. The minimum absolute atomic E-state index is 0.0945. The first-order valence-electron chi connectivity index (χ1n) is 10.3. The molecule has 11 heteroatoms. The SMILES string of the molecule is CCn1c(SCC(=O)Nc2scc(-c3ccc(Cl)cc3)c2C(=O)OC)nnc1-c1ccoc1C. The number of nitrogens with zero attached hydrogens (tertiary/aromatic N) is 3. The van der Waals surface area contributed by atoms with Gasteiger partial charge in [0.05, 0.1) is 24.7 Å². The molecule has 34 heavy (non-hydrogen) atoms. The molecule has 0 bridgehead atoms. The lowest BCUT2D eigenvalue weighted by Gasteiger charge is -2.09. The summed E-state index contributed by atoms with van der Waals surface area (Å²) >= 11 is 8.51. The number of anilines is 1. The first-order chi connectivity index (χ1) is 16.4. The molecule has 1 aromatic carbocycles. The third-order valence-corrected chi connectivity index (χ3v) is 7.17. The summed E-state index contributed by atoms with van der Waals surface area (Å²) in [7, 11) is 1.31. The molecule has 176 valence electrons. The van der Waals surface area contributed by atoms with Gasteiger partial charge in [0.25, 0.3) is 0 Å². The second-order valence-corrected chi connectivity index (χ2v) is 9.39. The number of hydrogen-bond donors (Lipinski definition) is 1. The summed E-state index contributed by atoms with van der Waals surface area (Å²) < 4.78 is 12.3. The van der Waals surface area contributed by atoms with Crippen LogP contribution in [-0.2, 0) is 16.1 Å². The van der Waals surface area contributed by atoms with E-state index in [1.54, 1.807) is 18.4 Å². The number of esters is 1. The number of hydrogen-bond acceptors (Lipinski definition) is 8. The molecular weight excluding hydrogens is 496 g/mol. The van der Waals surface area contributed by atoms with Gasteiger partial charge in [-0.05, 0) is 37.6 Å². The molecule has 0 saturated heterocycles. The monoisotopic (exact) mass is 516 g/mol. The van der Waals surface area contributed by atoms with Crippen LogP contribution in [-0.4, -0.2) is 39.5 Å². The summed E-state index contributed by atoms with van der Waals surface area (Å²) in [5, 5.41) is 14.8. The minimum Gasteiger partial charge on any atom is -0.469 e. The van der Waals surface area contributed by atoms with Crippen LogP contribution in [0, 0.1) is 6.92 Å². The van der Waals surface area contributed by atoms with Gasteiger partial charge in [0.2, 0.25) is 5.91 Å². The first-order valence-corrected chi connectivity index (χ1v) is 12.5. The van der Waals surface area contributed by atoms with E-state index >= 15 is 0 Å². The van der Waals surface area contributed by atoms with E-state index in [2.05, 4.69) is 15.5 Å². The van der Waals surface area contributed by atoms with Crippen LogP contribution in [0.4, 0.5) is 5.00 Å². The lowest BCUT2D eigenvalue weighted by atomic mass is 10.0. The Labute approximate surface area is 209 Å². The summed E-state index contributed by atoms with van der Waals surface area (Å²) in [5.41, 5.74) is 2.64. The van der Waals surface area contributed by atoms with Crippen LogP contribution in [0.2, 0.25) is 5.02 Å². The lowest BCUT2D eigenvalue weighted by Crippen LogP contribution is -2.16. The first kappa shape index (κ1) is 24.1. The Kier molecular flexibility index (Phi) is 7.40. The van der Waals surface area contributed by atoms with Crippen molar-refractivity contribution in [2.75, 3.05) is 18.2 Å². The molecule has 0 saturated carbocycles. The van der Waals surface area contributed by atoms with E-state index in [4.69, 9.17) is 20.8 Å². The summed E-state index contributed by atoms with van der Waals surface area (Å²) in [6.45, 7) is 4.49. The predicted molar refractivity (Wildman–Crippen MR) is 134 cm³/mol. The summed E-state index contributed by atoms with van der Waals surface area (Å²) in [6, 6.07) is 8.96. The number of amides is 1. The number of furan rings is 1. The molecule has 8 nitrogen and oxygen atoms in total. The zero-order chi connectivity index (χ0) is 24.2. The largest absolute Gasteiger partial charge is 0.469 e. The second kappa shape index (κ2) is 10.5. The van der Waals surface area contributed by atoms with E-state index < -0.39 is 5.97 Å². The predicted octanol–water partition coefficient (Wildman–Crippen LogP) is 5.77. The van der Waals surface area contributed by atoms with Gasteiger partial charge in [0, 0.05) is 22.5 Å². The average Bonchev–Trinajstić information content (AvgIpc) is 3.55. The van der Waals surface area contributed by atoms with Crippen LogP contribution in [0.3, 0.4) is 0 Å². The maximum Gasteiger partial charge on any atom is 0.341 e. The van der Waals surface area contributed by atoms with Crippen molar-refractivity contribution in [3.8, 4) is 22.5 Å². The van der Waals surface area contributed by atoms with Gasteiger partial charge in [0.1, 0.15) is 16.3 Å². The number of carbonyl (C=O) groups is 2. The van der Waals surface area contributed by atoms with Crippen LogP contribution < -0.4 is 5.32 Å². The van der Waals surface area contributed by atoms with Gasteiger partial charge in [-0.3, -0.25) is 4.79 Å². The standard InChI is InChI=1S/C23H21ClN4O4S2/c1-4-28-20(16-9-10-32-13(16)2)26-27-23(28)34-12-18(29)25-21-19(22(30)31-3)17(11-33-21)14-5-7-15(24)8-6-14/h5-11H,4,12H2,1-3H3,(H,25,29). The highest BCUT2D eigenvalue weighted by Gasteiger charge is 2.23. The van der Waals surface area contributed by atoms with Crippen LogP contribution in [0.25, 0.3) is 22.5 Å². The van der Waals surface area contributed by atoms with Crippen molar-refractivity contribution in [3.05, 3.63) is 58.3 Å². The maximum absolute atomic E-state index is 12.8. The van der Waals surface area contributed by atoms with Crippen molar-refractivity contribution >= 4 is 51.6 Å². The van der Waals surface area contributed by atoms with Gasteiger partial charge in [-0.1, -0.05) is 35.5 Å². The molecule has 0 aliphatic rings. The zero-order valence-corrected chi connectivity index (χ0v) is 21.0. The topological polar surface area (TPSA) is 99.2 Å². The quantitative estimate of drug-likeness (QED) is 0.234. The highest BCUT2D eigenvalue weighted by atomic mass is 35.5. The van der Waals surface area contributed by atoms with E-state index in [1.807, 2.05) is 42.0 Å². The van der Waals surface area contributed by atoms with Crippen molar-refractivity contribution in [1.29, 1.82) is 0 Å². The molecule has 3 heterocycles. The van der Waals surface area contributed by atoms with Crippen molar-refractivity contribution < 1.29 is 18.7 Å². The van der Waals surface area contributed by atoms with Crippen molar-refractivity contribution in [3.63, 3.8) is 0 Å². The van der Waals surface area contributed by atoms with Crippen molar-refractivity contribution in [2.24, 2.45) is 0 Å². The van der Waals surface area contributed by atoms with E-state index in [1.165, 1.54) is 30.2 Å². The zero-order valence-electron chi connectivity index (χ0n) is 18.6. The van der Waals surface area contributed by atoms with Gasteiger partial charge in [-0.15, -0.1) is 21.5 Å². The highest BCUT2D eigenvalue weighted by molar-refractivity contribution is 7.99. The Bertz CT molecular complexity index is 1330. The molecule has 0 fully saturated rings. The van der Waals surface area contributed by atoms with Gasteiger partial charge in [0.15, 0.2) is 11.0 Å². The summed E-state index contributed by atoms with van der Waals surface area (Å²) in [4.78, 5) is 25.3. The number of benzene rings is 1. The third kappa shape index (κ3) is 4.89. The Balaban J connectivity index is 1.51. The van der Waals surface area contributed by atoms with Gasteiger partial charge in [-0.2, -0.15) is 0 Å². The fourth-order valence-corrected chi connectivity index (χ4v) is 5.29. The molecule has 0 atom stereocenters. The number of thioether (sulfide) groups is 1. The Hall–Kier alpha value is -3.08. The number of ether oxygens (including phenoxy) is 1. The molecule has 4 rings (SSSR count). The third-order valence-electron chi connectivity index (χ3n) is 5.05. The molecule has 1 amide bonds. The van der Waals surface area contributed by atoms with E-state index in [0.29, 0.717) is 38.7 Å². The molecule has 0 radical (unpaired) electrons. The molecule has 0 aliphatic heterocycles. The number of nitrogens with one attached hydrogen (secondary N) is 1. The molecule has 3 aromatic heterocycles. The lowest BCUT2D eigenvalue weighted by molar-refractivity contribution is -0.113.